The van der Waals surface area contributed by atoms with Gasteiger partial charge in [-0.2, -0.15) is 0 Å². The third-order valence-corrected chi connectivity index (χ3v) is 3.33. The zero-order valence-electron chi connectivity index (χ0n) is 12.0. The van der Waals surface area contributed by atoms with Gasteiger partial charge in [0, 0.05) is 29.6 Å². The molecule has 3 aromatic rings. The Hall–Kier alpha value is -2.63. The van der Waals surface area contributed by atoms with E-state index in [1.165, 1.54) is 10.6 Å². The van der Waals surface area contributed by atoms with E-state index in [-0.39, 0.29) is 12.2 Å². The number of hydrogen-bond acceptors (Lipinski definition) is 4. The molecule has 6 heteroatoms. The molecule has 0 radical (unpaired) electrons. The fourth-order valence-electron chi connectivity index (χ4n) is 2.32. The minimum Gasteiger partial charge on any atom is -0.471 e. The van der Waals surface area contributed by atoms with Gasteiger partial charge in [0.1, 0.15) is 6.61 Å². The molecule has 0 spiro atoms. The van der Waals surface area contributed by atoms with Crippen LogP contribution in [0.4, 0.5) is 0 Å². The number of fused-ring (bicyclic) bond motifs is 1. The highest BCUT2D eigenvalue weighted by Crippen LogP contribution is 2.13. The summed E-state index contributed by atoms with van der Waals surface area (Å²) in [6.45, 7) is 4.20. The first kappa shape index (κ1) is 13.4. The SMILES string of the molecule is CCc1c(C)[nH]n2c(=O)cc(COc3ccccn3)nc12. The smallest absolute Gasteiger partial charge is 0.273 e. The van der Waals surface area contributed by atoms with Gasteiger partial charge in [-0.25, -0.2) is 14.5 Å². The Morgan fingerprint density at radius 2 is 2.24 bits per heavy atom. The van der Waals surface area contributed by atoms with Crippen molar-refractivity contribution in [3.8, 4) is 5.88 Å². The number of H-pyrrole nitrogens is 1. The Bertz CT molecular complexity index is 821. The maximum absolute atomic E-state index is 12.1. The maximum atomic E-state index is 12.1. The molecule has 0 fully saturated rings. The van der Waals surface area contributed by atoms with Gasteiger partial charge >= 0.3 is 0 Å². The summed E-state index contributed by atoms with van der Waals surface area (Å²) in [5.74, 6) is 0.514. The van der Waals surface area contributed by atoms with Crippen molar-refractivity contribution in [2.75, 3.05) is 0 Å². The number of aryl methyl sites for hydroxylation is 2. The monoisotopic (exact) mass is 284 g/mol. The first-order valence-corrected chi connectivity index (χ1v) is 6.83. The Balaban J connectivity index is 1.94. The highest BCUT2D eigenvalue weighted by molar-refractivity contribution is 5.50. The first-order valence-electron chi connectivity index (χ1n) is 6.83. The fraction of sp³-hybridized carbons (Fsp3) is 0.267. The van der Waals surface area contributed by atoms with Crippen molar-refractivity contribution < 1.29 is 4.74 Å². The number of nitrogens with zero attached hydrogens (tertiary/aromatic N) is 3. The Morgan fingerprint density at radius 3 is 2.95 bits per heavy atom. The number of aromatic amines is 1. The second-order valence-corrected chi connectivity index (χ2v) is 4.77. The summed E-state index contributed by atoms with van der Waals surface area (Å²) in [5.41, 5.74) is 3.14. The Morgan fingerprint density at radius 1 is 1.38 bits per heavy atom. The van der Waals surface area contributed by atoms with E-state index in [1.54, 1.807) is 12.3 Å². The van der Waals surface area contributed by atoms with Crippen molar-refractivity contribution in [3.63, 3.8) is 0 Å². The van der Waals surface area contributed by atoms with Gasteiger partial charge < -0.3 is 4.74 Å². The van der Waals surface area contributed by atoms with Crippen molar-refractivity contribution in [1.29, 1.82) is 0 Å². The molecule has 0 saturated heterocycles. The summed E-state index contributed by atoms with van der Waals surface area (Å²) >= 11 is 0. The summed E-state index contributed by atoms with van der Waals surface area (Å²) in [5, 5.41) is 3.04. The standard InChI is InChI=1S/C15H16N4O2/c1-3-12-10(2)18-19-14(20)8-11(17-15(12)19)9-21-13-6-4-5-7-16-13/h4-8,18H,3,9H2,1-2H3. The van der Waals surface area contributed by atoms with Gasteiger partial charge in [0.05, 0.1) is 5.69 Å². The van der Waals surface area contributed by atoms with Crippen LogP contribution in [0.2, 0.25) is 0 Å². The topological polar surface area (TPSA) is 72.3 Å². The molecule has 0 aromatic carbocycles. The fourth-order valence-corrected chi connectivity index (χ4v) is 2.32. The van der Waals surface area contributed by atoms with Gasteiger partial charge in [0.15, 0.2) is 5.65 Å². The molecule has 0 unspecified atom stereocenters. The molecule has 108 valence electrons. The van der Waals surface area contributed by atoms with Gasteiger partial charge in [0.25, 0.3) is 5.56 Å². The molecule has 1 N–H and O–H groups in total. The van der Waals surface area contributed by atoms with E-state index < -0.39 is 0 Å². The largest absolute Gasteiger partial charge is 0.471 e. The van der Waals surface area contributed by atoms with Gasteiger partial charge in [-0.15, -0.1) is 0 Å². The number of rotatable bonds is 4. The molecule has 0 bridgehead atoms. The molecule has 3 heterocycles. The van der Waals surface area contributed by atoms with Crippen LogP contribution in [0.1, 0.15) is 23.9 Å². The minimum atomic E-state index is -0.137. The molecule has 0 atom stereocenters. The summed E-state index contributed by atoms with van der Waals surface area (Å²) in [4.78, 5) is 20.7. The van der Waals surface area contributed by atoms with E-state index in [0.717, 1.165) is 17.7 Å². The Labute approximate surface area is 121 Å². The lowest BCUT2D eigenvalue weighted by Crippen LogP contribution is -2.16. The van der Waals surface area contributed by atoms with Crippen molar-refractivity contribution >= 4 is 5.65 Å². The first-order chi connectivity index (χ1) is 10.2. The number of aromatic nitrogens is 4. The highest BCUT2D eigenvalue weighted by Gasteiger charge is 2.11. The van der Waals surface area contributed by atoms with Crippen molar-refractivity contribution in [1.82, 2.24) is 19.6 Å². The van der Waals surface area contributed by atoms with E-state index in [4.69, 9.17) is 4.74 Å². The van der Waals surface area contributed by atoms with Crippen molar-refractivity contribution in [2.24, 2.45) is 0 Å². The molecule has 0 amide bonds. The highest BCUT2D eigenvalue weighted by atomic mass is 16.5. The molecule has 0 aliphatic heterocycles. The third-order valence-electron chi connectivity index (χ3n) is 3.33. The van der Waals surface area contributed by atoms with Crippen molar-refractivity contribution in [3.05, 3.63) is 57.8 Å². The van der Waals surface area contributed by atoms with E-state index in [9.17, 15) is 4.79 Å². The van der Waals surface area contributed by atoms with Crippen LogP contribution in [0.5, 0.6) is 5.88 Å². The van der Waals surface area contributed by atoms with Gasteiger partial charge in [-0.3, -0.25) is 9.89 Å². The molecule has 0 saturated carbocycles. The Kier molecular flexibility index (Phi) is 3.43. The van der Waals surface area contributed by atoms with E-state index >= 15 is 0 Å². The van der Waals surface area contributed by atoms with Crippen molar-refractivity contribution in [2.45, 2.75) is 26.9 Å². The average molecular weight is 284 g/mol. The van der Waals surface area contributed by atoms with Crippen LogP contribution in [0.3, 0.4) is 0 Å². The number of ether oxygens (including phenoxy) is 1. The zero-order valence-corrected chi connectivity index (χ0v) is 12.0. The number of pyridine rings is 1. The van der Waals surface area contributed by atoms with E-state index in [2.05, 4.69) is 15.1 Å². The minimum absolute atomic E-state index is 0.137. The molecule has 21 heavy (non-hydrogen) atoms. The van der Waals surface area contributed by atoms with Crippen LogP contribution in [-0.4, -0.2) is 19.6 Å². The molecule has 0 aliphatic rings. The predicted octanol–water partition coefficient (Wildman–Crippen LogP) is 1.87. The van der Waals surface area contributed by atoms with Crippen LogP contribution in [0.15, 0.2) is 35.3 Å². The number of nitrogens with one attached hydrogen (secondary N) is 1. The summed E-state index contributed by atoms with van der Waals surface area (Å²) < 4.78 is 7.01. The zero-order chi connectivity index (χ0) is 14.8. The van der Waals surface area contributed by atoms with Gasteiger partial charge in [-0.05, 0) is 19.4 Å². The number of hydrogen-bond donors (Lipinski definition) is 1. The van der Waals surface area contributed by atoms with Crippen LogP contribution < -0.4 is 10.3 Å². The van der Waals surface area contributed by atoms with Gasteiger partial charge in [0.2, 0.25) is 5.88 Å². The third kappa shape index (κ3) is 2.52. The normalized spacial score (nSPS) is 11.0. The molecule has 3 aromatic heterocycles. The molecular weight excluding hydrogens is 268 g/mol. The molecule has 6 nitrogen and oxygen atoms in total. The maximum Gasteiger partial charge on any atom is 0.273 e. The summed E-state index contributed by atoms with van der Waals surface area (Å²) in [7, 11) is 0. The van der Waals surface area contributed by atoms with Crippen LogP contribution >= 0.6 is 0 Å². The lowest BCUT2D eigenvalue weighted by atomic mass is 10.2. The molecular formula is C15H16N4O2. The van der Waals surface area contributed by atoms with E-state index in [0.29, 0.717) is 17.2 Å². The van der Waals surface area contributed by atoms with Gasteiger partial charge in [-0.1, -0.05) is 13.0 Å². The summed E-state index contributed by atoms with van der Waals surface area (Å²) in [6, 6.07) is 6.91. The second kappa shape index (κ2) is 5.40. The molecule has 0 aliphatic carbocycles. The lowest BCUT2D eigenvalue weighted by Gasteiger charge is -2.04. The second-order valence-electron chi connectivity index (χ2n) is 4.77. The predicted molar refractivity (Wildman–Crippen MR) is 78.5 cm³/mol. The quantitative estimate of drug-likeness (QED) is 0.794. The van der Waals surface area contributed by atoms with Crippen LogP contribution in [0, 0.1) is 6.92 Å². The van der Waals surface area contributed by atoms with E-state index in [1.807, 2.05) is 26.0 Å². The molecule has 3 rings (SSSR count). The lowest BCUT2D eigenvalue weighted by molar-refractivity contribution is 0.289. The average Bonchev–Trinajstić information content (AvgIpc) is 2.82. The summed E-state index contributed by atoms with van der Waals surface area (Å²) in [6.07, 6.45) is 2.47. The van der Waals surface area contributed by atoms with Crippen LogP contribution in [0.25, 0.3) is 5.65 Å². The van der Waals surface area contributed by atoms with Crippen LogP contribution in [-0.2, 0) is 13.0 Å².